The molecule has 0 fully saturated rings. The fraction of sp³-hybridized carbons (Fsp3) is 0.455. The molecule has 0 aliphatic rings. The summed E-state index contributed by atoms with van der Waals surface area (Å²) in [6.45, 7) is 2.49. The minimum Gasteiger partial charge on any atom is -0.368 e. The van der Waals surface area contributed by atoms with Crippen molar-refractivity contribution >= 4 is 23.3 Å². The average molecular weight is 260 g/mol. The summed E-state index contributed by atoms with van der Waals surface area (Å²) in [5.41, 5.74) is 5.13. The van der Waals surface area contributed by atoms with Crippen molar-refractivity contribution in [2.45, 2.75) is 19.8 Å². The van der Waals surface area contributed by atoms with Gasteiger partial charge in [0.2, 0.25) is 5.91 Å². The first-order valence-electron chi connectivity index (χ1n) is 5.39. The molecule has 0 unspecified atom stereocenters. The van der Waals surface area contributed by atoms with Crippen LogP contribution in [0.5, 0.6) is 0 Å². The Bertz CT molecular complexity index is 400. The number of aromatic nitrogens is 1. The quantitative estimate of drug-likeness (QED) is 0.850. The second kappa shape index (κ2) is 6.39. The molecule has 1 rings (SSSR count). The standard InChI is InChI=1S/C11H15ClFN3O/c1-2-3-4-16(7-10(14)17)11-9(13)5-8(12)6-15-11/h5-6H,2-4,7H2,1H3,(H2,14,17). The number of amides is 1. The van der Waals surface area contributed by atoms with Crippen molar-refractivity contribution in [1.82, 2.24) is 4.98 Å². The number of anilines is 1. The van der Waals surface area contributed by atoms with Crippen LogP contribution in [0.1, 0.15) is 19.8 Å². The van der Waals surface area contributed by atoms with E-state index >= 15 is 0 Å². The first-order chi connectivity index (χ1) is 8.04. The van der Waals surface area contributed by atoms with Crippen LogP contribution in [0.25, 0.3) is 0 Å². The fourth-order valence-electron chi connectivity index (χ4n) is 1.44. The van der Waals surface area contributed by atoms with Crippen molar-refractivity contribution in [3.05, 3.63) is 23.1 Å². The van der Waals surface area contributed by atoms with Gasteiger partial charge in [0.1, 0.15) is 0 Å². The predicted molar refractivity (Wildman–Crippen MR) is 65.5 cm³/mol. The van der Waals surface area contributed by atoms with Crippen LogP contribution >= 0.6 is 11.6 Å². The lowest BCUT2D eigenvalue weighted by Gasteiger charge is -2.22. The van der Waals surface area contributed by atoms with Gasteiger partial charge in [0.05, 0.1) is 11.6 Å². The molecule has 1 aromatic heterocycles. The van der Waals surface area contributed by atoms with E-state index in [1.165, 1.54) is 17.2 Å². The van der Waals surface area contributed by atoms with Gasteiger partial charge in [-0.25, -0.2) is 9.37 Å². The Labute approximate surface area is 105 Å². The Morgan fingerprint density at radius 3 is 2.88 bits per heavy atom. The third-order valence-corrected chi connectivity index (χ3v) is 2.42. The molecule has 1 aromatic rings. The molecule has 0 atom stereocenters. The van der Waals surface area contributed by atoms with Crippen molar-refractivity contribution in [3.63, 3.8) is 0 Å². The van der Waals surface area contributed by atoms with Crippen molar-refractivity contribution in [2.24, 2.45) is 5.73 Å². The Hall–Kier alpha value is -1.36. The van der Waals surface area contributed by atoms with E-state index in [2.05, 4.69) is 4.98 Å². The average Bonchev–Trinajstić information content (AvgIpc) is 2.24. The monoisotopic (exact) mass is 259 g/mol. The molecule has 0 aliphatic carbocycles. The Morgan fingerprint density at radius 2 is 2.35 bits per heavy atom. The van der Waals surface area contributed by atoms with Crippen LogP contribution in [-0.4, -0.2) is 24.0 Å². The van der Waals surface area contributed by atoms with Crippen LogP contribution in [0.2, 0.25) is 5.02 Å². The minimum atomic E-state index is -0.546. The zero-order chi connectivity index (χ0) is 12.8. The molecule has 0 aromatic carbocycles. The maximum absolute atomic E-state index is 13.6. The van der Waals surface area contributed by atoms with Crippen molar-refractivity contribution in [1.29, 1.82) is 0 Å². The fourth-order valence-corrected chi connectivity index (χ4v) is 1.58. The van der Waals surface area contributed by atoms with Gasteiger partial charge in [0, 0.05) is 12.7 Å². The molecule has 0 spiro atoms. The van der Waals surface area contributed by atoms with Gasteiger partial charge in [-0.2, -0.15) is 0 Å². The van der Waals surface area contributed by atoms with E-state index in [1.807, 2.05) is 6.92 Å². The lowest BCUT2D eigenvalue weighted by Crippen LogP contribution is -2.35. The van der Waals surface area contributed by atoms with Gasteiger partial charge >= 0.3 is 0 Å². The third kappa shape index (κ3) is 4.19. The van der Waals surface area contributed by atoms with E-state index in [0.717, 1.165) is 12.8 Å². The van der Waals surface area contributed by atoms with E-state index in [-0.39, 0.29) is 17.4 Å². The number of halogens is 2. The lowest BCUT2D eigenvalue weighted by atomic mass is 10.3. The number of pyridine rings is 1. The van der Waals surface area contributed by atoms with Crippen LogP contribution in [-0.2, 0) is 4.79 Å². The highest BCUT2D eigenvalue weighted by Crippen LogP contribution is 2.19. The summed E-state index contributed by atoms with van der Waals surface area (Å²) in [7, 11) is 0. The minimum absolute atomic E-state index is 0.0500. The summed E-state index contributed by atoms with van der Waals surface area (Å²) >= 11 is 5.62. The highest BCUT2D eigenvalue weighted by molar-refractivity contribution is 6.30. The Kier molecular flexibility index (Phi) is 5.15. The van der Waals surface area contributed by atoms with Gasteiger partial charge in [-0.05, 0) is 12.5 Å². The number of nitrogens with zero attached hydrogens (tertiary/aromatic N) is 2. The summed E-state index contributed by atoms with van der Waals surface area (Å²) < 4.78 is 13.6. The lowest BCUT2D eigenvalue weighted by molar-refractivity contribution is -0.116. The topological polar surface area (TPSA) is 59.2 Å². The third-order valence-electron chi connectivity index (χ3n) is 2.22. The molecule has 1 heterocycles. The van der Waals surface area contributed by atoms with Gasteiger partial charge in [0.25, 0.3) is 0 Å². The summed E-state index contributed by atoms with van der Waals surface area (Å²) in [6.07, 6.45) is 3.11. The number of rotatable bonds is 6. The number of hydrogen-bond donors (Lipinski definition) is 1. The van der Waals surface area contributed by atoms with Gasteiger partial charge in [0.15, 0.2) is 11.6 Å². The van der Waals surface area contributed by atoms with E-state index in [4.69, 9.17) is 17.3 Å². The SMILES string of the molecule is CCCCN(CC(N)=O)c1ncc(Cl)cc1F. The summed E-state index contributed by atoms with van der Waals surface area (Å²) in [4.78, 5) is 16.3. The highest BCUT2D eigenvalue weighted by Gasteiger charge is 2.15. The van der Waals surface area contributed by atoms with Crippen molar-refractivity contribution < 1.29 is 9.18 Å². The smallest absolute Gasteiger partial charge is 0.237 e. The van der Waals surface area contributed by atoms with E-state index in [1.54, 1.807) is 0 Å². The summed E-state index contributed by atoms with van der Waals surface area (Å²) in [5.74, 6) is -0.950. The largest absolute Gasteiger partial charge is 0.368 e. The predicted octanol–water partition coefficient (Wildman–Crippen LogP) is 1.97. The zero-order valence-corrected chi connectivity index (χ0v) is 10.4. The highest BCUT2D eigenvalue weighted by atomic mass is 35.5. The van der Waals surface area contributed by atoms with Gasteiger partial charge in [-0.3, -0.25) is 4.79 Å². The molecule has 2 N–H and O–H groups in total. The Morgan fingerprint density at radius 1 is 1.65 bits per heavy atom. The molecule has 0 bridgehead atoms. The maximum atomic E-state index is 13.6. The first-order valence-corrected chi connectivity index (χ1v) is 5.76. The molecule has 0 saturated carbocycles. The summed E-state index contributed by atoms with van der Waals surface area (Å²) in [6, 6.07) is 1.17. The number of primary amides is 1. The Balaban J connectivity index is 2.90. The molecule has 94 valence electrons. The molecular formula is C11H15ClFN3O. The van der Waals surface area contributed by atoms with E-state index < -0.39 is 11.7 Å². The molecule has 0 radical (unpaired) electrons. The first kappa shape index (κ1) is 13.7. The molecular weight excluding hydrogens is 245 g/mol. The number of nitrogens with two attached hydrogens (primary N) is 1. The molecule has 4 nitrogen and oxygen atoms in total. The second-order valence-electron chi connectivity index (χ2n) is 3.70. The molecule has 17 heavy (non-hydrogen) atoms. The molecule has 0 aliphatic heterocycles. The second-order valence-corrected chi connectivity index (χ2v) is 4.14. The van der Waals surface area contributed by atoms with Gasteiger partial charge in [-0.1, -0.05) is 24.9 Å². The summed E-state index contributed by atoms with van der Waals surface area (Å²) in [5, 5.41) is 0.223. The number of unbranched alkanes of at least 4 members (excludes halogenated alkanes) is 1. The number of hydrogen-bond acceptors (Lipinski definition) is 3. The van der Waals surface area contributed by atoms with Crippen LogP contribution in [0.3, 0.4) is 0 Å². The zero-order valence-electron chi connectivity index (χ0n) is 9.62. The molecule has 0 saturated heterocycles. The van der Waals surface area contributed by atoms with Crippen LogP contribution < -0.4 is 10.6 Å². The van der Waals surface area contributed by atoms with Crippen LogP contribution in [0.15, 0.2) is 12.3 Å². The van der Waals surface area contributed by atoms with E-state index in [0.29, 0.717) is 6.54 Å². The van der Waals surface area contributed by atoms with Crippen molar-refractivity contribution in [2.75, 3.05) is 18.0 Å². The maximum Gasteiger partial charge on any atom is 0.237 e. The van der Waals surface area contributed by atoms with Crippen LogP contribution in [0, 0.1) is 5.82 Å². The van der Waals surface area contributed by atoms with Gasteiger partial charge < -0.3 is 10.6 Å². The number of carbonyl (C=O) groups is 1. The van der Waals surface area contributed by atoms with E-state index in [9.17, 15) is 9.18 Å². The molecule has 1 amide bonds. The van der Waals surface area contributed by atoms with Crippen molar-refractivity contribution in [3.8, 4) is 0 Å². The van der Waals surface area contributed by atoms with Crippen LogP contribution in [0.4, 0.5) is 10.2 Å². The molecule has 6 heteroatoms. The normalized spacial score (nSPS) is 10.3. The van der Waals surface area contributed by atoms with Gasteiger partial charge in [-0.15, -0.1) is 0 Å². The number of carbonyl (C=O) groups excluding carboxylic acids is 1.